The number of aromatic nitrogens is 2. The molecule has 100 valence electrons. The number of anilines is 1. The minimum Gasteiger partial charge on any atom is -0.329 e. The van der Waals surface area contributed by atoms with Crippen LogP contribution in [-0.4, -0.2) is 22.6 Å². The summed E-state index contributed by atoms with van der Waals surface area (Å²) in [5, 5.41) is 9.64. The van der Waals surface area contributed by atoms with Gasteiger partial charge in [0.25, 0.3) is 0 Å². The van der Waals surface area contributed by atoms with E-state index in [0.29, 0.717) is 18.3 Å². The van der Waals surface area contributed by atoms with E-state index in [1.165, 1.54) is 0 Å². The SMILES string of the molecule is Cc1cn[nH]c1NC(=O)C1(CN)CCC(C)CC1. The number of nitrogens with one attached hydrogen (secondary N) is 2. The second kappa shape index (κ2) is 5.10. The smallest absolute Gasteiger partial charge is 0.233 e. The first-order valence-corrected chi connectivity index (χ1v) is 6.59. The summed E-state index contributed by atoms with van der Waals surface area (Å²) in [6, 6.07) is 0. The van der Waals surface area contributed by atoms with Gasteiger partial charge in [-0.15, -0.1) is 0 Å². The predicted molar refractivity (Wildman–Crippen MR) is 71.1 cm³/mol. The molecule has 1 heterocycles. The van der Waals surface area contributed by atoms with Gasteiger partial charge in [0.1, 0.15) is 5.82 Å². The van der Waals surface area contributed by atoms with Crippen LogP contribution >= 0.6 is 0 Å². The molecule has 0 atom stereocenters. The Morgan fingerprint density at radius 2 is 2.28 bits per heavy atom. The molecular formula is C13H22N4O. The second-order valence-electron chi connectivity index (χ2n) is 5.55. The molecule has 5 nitrogen and oxygen atoms in total. The third-order valence-corrected chi connectivity index (χ3v) is 4.17. The van der Waals surface area contributed by atoms with Crippen LogP contribution in [0.3, 0.4) is 0 Å². The summed E-state index contributed by atoms with van der Waals surface area (Å²) in [5.41, 5.74) is 6.41. The minimum absolute atomic E-state index is 0.0317. The summed E-state index contributed by atoms with van der Waals surface area (Å²) < 4.78 is 0. The maximum absolute atomic E-state index is 12.4. The van der Waals surface area contributed by atoms with E-state index < -0.39 is 5.41 Å². The van der Waals surface area contributed by atoms with Gasteiger partial charge in [-0.25, -0.2) is 0 Å². The fourth-order valence-corrected chi connectivity index (χ4v) is 2.56. The van der Waals surface area contributed by atoms with Crippen molar-refractivity contribution in [2.45, 2.75) is 39.5 Å². The molecule has 1 saturated carbocycles. The quantitative estimate of drug-likeness (QED) is 0.765. The Morgan fingerprint density at radius 1 is 1.61 bits per heavy atom. The predicted octanol–water partition coefficient (Wildman–Crippen LogP) is 1.81. The van der Waals surface area contributed by atoms with E-state index in [1.54, 1.807) is 6.20 Å². The lowest BCUT2D eigenvalue weighted by Gasteiger charge is -2.36. The molecule has 5 heteroatoms. The summed E-state index contributed by atoms with van der Waals surface area (Å²) in [7, 11) is 0. The number of nitrogens with two attached hydrogens (primary N) is 1. The van der Waals surface area contributed by atoms with E-state index >= 15 is 0 Å². The highest BCUT2D eigenvalue weighted by atomic mass is 16.2. The first-order chi connectivity index (χ1) is 8.57. The van der Waals surface area contributed by atoms with Gasteiger partial charge in [-0.2, -0.15) is 5.10 Å². The van der Waals surface area contributed by atoms with Crippen molar-refractivity contribution in [1.82, 2.24) is 10.2 Å². The van der Waals surface area contributed by atoms with Crippen molar-refractivity contribution in [2.24, 2.45) is 17.1 Å². The van der Waals surface area contributed by atoms with Crippen molar-refractivity contribution >= 4 is 11.7 Å². The molecular weight excluding hydrogens is 228 g/mol. The number of aryl methyl sites for hydroxylation is 1. The normalized spacial score (nSPS) is 28.1. The highest BCUT2D eigenvalue weighted by Crippen LogP contribution is 2.39. The molecule has 0 saturated heterocycles. The maximum atomic E-state index is 12.4. The monoisotopic (exact) mass is 250 g/mol. The zero-order valence-corrected chi connectivity index (χ0v) is 11.1. The van der Waals surface area contributed by atoms with Crippen LogP contribution < -0.4 is 11.1 Å². The first-order valence-electron chi connectivity index (χ1n) is 6.59. The van der Waals surface area contributed by atoms with Crippen molar-refractivity contribution in [3.05, 3.63) is 11.8 Å². The average Bonchev–Trinajstić information content (AvgIpc) is 2.76. The number of nitrogens with zero attached hydrogens (tertiary/aromatic N) is 1. The molecule has 2 rings (SSSR count). The number of carbonyl (C=O) groups is 1. The number of hydrogen-bond acceptors (Lipinski definition) is 3. The van der Waals surface area contributed by atoms with Gasteiger partial charge in [-0.05, 0) is 38.5 Å². The third-order valence-electron chi connectivity index (χ3n) is 4.17. The van der Waals surface area contributed by atoms with Gasteiger partial charge >= 0.3 is 0 Å². The van der Waals surface area contributed by atoms with Crippen LogP contribution in [0.1, 0.15) is 38.2 Å². The maximum Gasteiger partial charge on any atom is 0.233 e. The lowest BCUT2D eigenvalue weighted by molar-refractivity contribution is -0.127. The second-order valence-corrected chi connectivity index (χ2v) is 5.55. The van der Waals surface area contributed by atoms with Crippen molar-refractivity contribution in [2.75, 3.05) is 11.9 Å². The molecule has 4 N–H and O–H groups in total. The molecule has 0 radical (unpaired) electrons. The van der Waals surface area contributed by atoms with Gasteiger partial charge < -0.3 is 11.1 Å². The molecule has 1 fully saturated rings. The molecule has 18 heavy (non-hydrogen) atoms. The average molecular weight is 250 g/mol. The van der Waals surface area contributed by atoms with Crippen LogP contribution in [0.25, 0.3) is 0 Å². The number of amides is 1. The van der Waals surface area contributed by atoms with E-state index in [-0.39, 0.29) is 5.91 Å². The van der Waals surface area contributed by atoms with Gasteiger partial charge in [0.2, 0.25) is 5.91 Å². The van der Waals surface area contributed by atoms with Crippen LogP contribution in [0.5, 0.6) is 0 Å². The largest absolute Gasteiger partial charge is 0.329 e. The van der Waals surface area contributed by atoms with Crippen LogP contribution in [0.15, 0.2) is 6.20 Å². The third kappa shape index (κ3) is 2.41. The van der Waals surface area contributed by atoms with Gasteiger partial charge in [0, 0.05) is 12.1 Å². The van der Waals surface area contributed by atoms with E-state index in [2.05, 4.69) is 22.4 Å². The molecule has 1 aromatic heterocycles. The number of aromatic amines is 1. The van der Waals surface area contributed by atoms with E-state index in [1.807, 2.05) is 6.92 Å². The number of rotatable bonds is 3. The summed E-state index contributed by atoms with van der Waals surface area (Å²) in [6.45, 7) is 4.56. The Labute approximate surface area is 108 Å². The zero-order chi connectivity index (χ0) is 13.2. The Hall–Kier alpha value is -1.36. The number of hydrogen-bond donors (Lipinski definition) is 3. The first kappa shape index (κ1) is 13.1. The minimum atomic E-state index is -0.399. The molecule has 0 spiro atoms. The lowest BCUT2D eigenvalue weighted by atomic mass is 9.70. The molecule has 1 aliphatic rings. The van der Waals surface area contributed by atoms with Crippen molar-refractivity contribution in [3.63, 3.8) is 0 Å². The molecule has 0 bridgehead atoms. The van der Waals surface area contributed by atoms with Crippen LogP contribution in [-0.2, 0) is 4.79 Å². The van der Waals surface area contributed by atoms with E-state index in [4.69, 9.17) is 5.73 Å². The summed E-state index contributed by atoms with van der Waals surface area (Å²) in [6.07, 6.45) is 5.61. The Morgan fingerprint density at radius 3 is 2.78 bits per heavy atom. The standard InChI is InChI=1S/C13H22N4O/c1-9-3-5-13(8-14,6-4-9)12(18)16-11-10(2)7-15-17-11/h7,9H,3-6,8,14H2,1-2H3,(H2,15,16,17,18). The van der Waals surface area contributed by atoms with Gasteiger partial charge in [0.15, 0.2) is 0 Å². The fraction of sp³-hybridized carbons (Fsp3) is 0.692. The van der Waals surface area contributed by atoms with Crippen molar-refractivity contribution < 1.29 is 4.79 Å². The van der Waals surface area contributed by atoms with Crippen LogP contribution in [0.2, 0.25) is 0 Å². The highest BCUT2D eigenvalue weighted by Gasteiger charge is 2.40. The van der Waals surface area contributed by atoms with Crippen molar-refractivity contribution in [3.8, 4) is 0 Å². The number of carbonyl (C=O) groups excluding carboxylic acids is 1. The fourth-order valence-electron chi connectivity index (χ4n) is 2.56. The summed E-state index contributed by atoms with van der Waals surface area (Å²) in [4.78, 5) is 12.4. The summed E-state index contributed by atoms with van der Waals surface area (Å²) >= 11 is 0. The highest BCUT2D eigenvalue weighted by molar-refractivity contribution is 5.95. The van der Waals surface area contributed by atoms with Crippen LogP contribution in [0, 0.1) is 18.3 Å². The molecule has 0 aliphatic heterocycles. The van der Waals surface area contributed by atoms with Gasteiger partial charge in [-0.3, -0.25) is 9.89 Å². The van der Waals surface area contributed by atoms with E-state index in [0.717, 1.165) is 31.2 Å². The summed E-state index contributed by atoms with van der Waals surface area (Å²) in [5.74, 6) is 1.42. The van der Waals surface area contributed by atoms with E-state index in [9.17, 15) is 4.79 Å². The Kier molecular flexibility index (Phi) is 3.71. The molecule has 1 aromatic rings. The number of H-pyrrole nitrogens is 1. The zero-order valence-electron chi connectivity index (χ0n) is 11.1. The lowest BCUT2D eigenvalue weighted by Crippen LogP contribution is -2.45. The Bertz CT molecular complexity index is 418. The van der Waals surface area contributed by atoms with Crippen LogP contribution in [0.4, 0.5) is 5.82 Å². The molecule has 1 amide bonds. The Balaban J connectivity index is 2.08. The topological polar surface area (TPSA) is 83.8 Å². The molecule has 0 aromatic carbocycles. The molecule has 1 aliphatic carbocycles. The van der Waals surface area contributed by atoms with Crippen molar-refractivity contribution in [1.29, 1.82) is 0 Å². The van der Waals surface area contributed by atoms with Gasteiger partial charge in [-0.1, -0.05) is 6.92 Å². The van der Waals surface area contributed by atoms with Gasteiger partial charge in [0.05, 0.1) is 11.6 Å². The molecule has 0 unspecified atom stereocenters.